The minimum Gasteiger partial charge on any atom is -0.497 e. The summed E-state index contributed by atoms with van der Waals surface area (Å²) >= 11 is 1.06. The Bertz CT molecular complexity index is 632. The molecular weight excluding hydrogens is 272 g/mol. The van der Waals surface area contributed by atoms with Crippen LogP contribution >= 0.6 is 11.8 Å². The van der Waals surface area contributed by atoms with E-state index < -0.39 is 0 Å². The van der Waals surface area contributed by atoms with Crippen molar-refractivity contribution >= 4 is 22.7 Å². The van der Waals surface area contributed by atoms with E-state index in [1.165, 1.54) is 6.92 Å². The number of hydrogen-bond donors (Lipinski definition) is 0. The second kappa shape index (κ2) is 6.39. The van der Waals surface area contributed by atoms with Crippen molar-refractivity contribution in [1.82, 2.24) is 0 Å². The zero-order chi connectivity index (χ0) is 14.5. The summed E-state index contributed by atoms with van der Waals surface area (Å²) in [5.41, 5.74) is 1.15. The SMILES string of the molecule is COc1ccc(C(=O)Sc2ccccc2C(C)=O)cc1. The molecule has 0 unspecified atom stereocenters. The third kappa shape index (κ3) is 3.27. The standard InChI is InChI=1S/C16H14O3S/c1-11(17)14-5-3-4-6-15(14)20-16(18)12-7-9-13(19-2)10-8-12/h3-10H,1-2H3. The fourth-order valence-electron chi connectivity index (χ4n) is 1.73. The molecule has 2 aromatic rings. The van der Waals surface area contributed by atoms with Gasteiger partial charge in [0.2, 0.25) is 5.12 Å². The molecule has 0 spiro atoms. The molecule has 0 fully saturated rings. The number of carbonyl (C=O) groups excluding carboxylic acids is 2. The predicted octanol–water partition coefficient (Wildman–Crippen LogP) is 3.83. The van der Waals surface area contributed by atoms with E-state index in [2.05, 4.69) is 0 Å². The highest BCUT2D eigenvalue weighted by atomic mass is 32.2. The summed E-state index contributed by atoms with van der Waals surface area (Å²) < 4.78 is 5.06. The summed E-state index contributed by atoms with van der Waals surface area (Å²) in [5.74, 6) is 0.659. The van der Waals surface area contributed by atoms with Gasteiger partial charge >= 0.3 is 0 Å². The highest BCUT2D eigenvalue weighted by Gasteiger charge is 2.13. The van der Waals surface area contributed by atoms with E-state index in [9.17, 15) is 9.59 Å². The minimum absolute atomic E-state index is 0.0457. The molecule has 0 amide bonds. The first-order valence-corrected chi connectivity index (χ1v) is 6.89. The number of hydrogen-bond acceptors (Lipinski definition) is 4. The van der Waals surface area contributed by atoms with Gasteiger partial charge in [-0.15, -0.1) is 0 Å². The van der Waals surface area contributed by atoms with Gasteiger partial charge < -0.3 is 4.74 Å². The molecular formula is C16H14O3S. The number of carbonyl (C=O) groups is 2. The predicted molar refractivity (Wildman–Crippen MR) is 79.6 cm³/mol. The average Bonchev–Trinajstić information content (AvgIpc) is 2.47. The van der Waals surface area contributed by atoms with Gasteiger partial charge in [-0.2, -0.15) is 0 Å². The largest absolute Gasteiger partial charge is 0.497 e. The van der Waals surface area contributed by atoms with Crippen molar-refractivity contribution in [3.63, 3.8) is 0 Å². The Balaban J connectivity index is 2.21. The first-order chi connectivity index (χ1) is 9.61. The van der Waals surface area contributed by atoms with Gasteiger partial charge in [-0.25, -0.2) is 0 Å². The van der Waals surface area contributed by atoms with Crippen LogP contribution in [0.3, 0.4) is 0 Å². The minimum atomic E-state index is -0.0960. The number of benzene rings is 2. The van der Waals surface area contributed by atoms with Crippen LogP contribution in [0.2, 0.25) is 0 Å². The first kappa shape index (κ1) is 14.3. The summed E-state index contributed by atoms with van der Waals surface area (Å²) in [6.45, 7) is 1.50. The van der Waals surface area contributed by atoms with Crippen molar-refractivity contribution in [2.45, 2.75) is 11.8 Å². The van der Waals surface area contributed by atoms with Gasteiger partial charge in [0, 0.05) is 16.0 Å². The Labute approximate surface area is 122 Å². The van der Waals surface area contributed by atoms with E-state index in [0.29, 0.717) is 21.8 Å². The van der Waals surface area contributed by atoms with Crippen molar-refractivity contribution in [3.05, 3.63) is 59.7 Å². The quantitative estimate of drug-likeness (QED) is 0.633. The summed E-state index contributed by atoms with van der Waals surface area (Å²) in [6.07, 6.45) is 0. The van der Waals surface area contributed by atoms with E-state index in [1.807, 2.05) is 6.07 Å². The van der Waals surface area contributed by atoms with E-state index in [0.717, 1.165) is 11.8 Å². The summed E-state index contributed by atoms with van der Waals surface area (Å²) in [4.78, 5) is 24.4. The van der Waals surface area contributed by atoms with Crippen molar-refractivity contribution in [1.29, 1.82) is 0 Å². The van der Waals surface area contributed by atoms with E-state index in [-0.39, 0.29) is 10.9 Å². The molecule has 0 atom stereocenters. The maximum absolute atomic E-state index is 12.2. The second-order valence-electron chi connectivity index (χ2n) is 4.17. The fourth-order valence-corrected chi connectivity index (χ4v) is 2.65. The number of methoxy groups -OCH3 is 1. The molecule has 20 heavy (non-hydrogen) atoms. The van der Waals surface area contributed by atoms with Crippen LogP contribution in [-0.2, 0) is 0 Å². The van der Waals surface area contributed by atoms with Crippen LogP contribution < -0.4 is 4.74 Å². The molecule has 0 radical (unpaired) electrons. The van der Waals surface area contributed by atoms with Gasteiger partial charge in [-0.1, -0.05) is 18.2 Å². The van der Waals surface area contributed by atoms with Crippen LogP contribution in [0.4, 0.5) is 0 Å². The monoisotopic (exact) mass is 286 g/mol. The molecule has 0 saturated carbocycles. The molecule has 0 heterocycles. The van der Waals surface area contributed by atoms with Gasteiger partial charge in [-0.05, 0) is 49.0 Å². The van der Waals surface area contributed by atoms with Crippen LogP contribution in [0.15, 0.2) is 53.4 Å². The Morgan fingerprint density at radius 3 is 2.25 bits per heavy atom. The zero-order valence-electron chi connectivity index (χ0n) is 11.3. The Morgan fingerprint density at radius 2 is 1.65 bits per heavy atom. The number of ether oxygens (including phenoxy) is 1. The lowest BCUT2D eigenvalue weighted by atomic mass is 10.1. The molecule has 0 aliphatic carbocycles. The van der Waals surface area contributed by atoms with E-state index >= 15 is 0 Å². The molecule has 0 aliphatic heterocycles. The topological polar surface area (TPSA) is 43.4 Å². The van der Waals surface area contributed by atoms with Gasteiger partial charge in [-0.3, -0.25) is 9.59 Å². The normalized spacial score (nSPS) is 10.1. The van der Waals surface area contributed by atoms with Crippen molar-refractivity contribution in [2.75, 3.05) is 7.11 Å². The molecule has 0 N–H and O–H groups in total. The Kier molecular flexibility index (Phi) is 4.58. The van der Waals surface area contributed by atoms with Crippen molar-refractivity contribution in [3.8, 4) is 5.75 Å². The van der Waals surface area contributed by atoms with Crippen LogP contribution in [0.5, 0.6) is 5.75 Å². The lowest BCUT2D eigenvalue weighted by Crippen LogP contribution is -1.98. The number of rotatable bonds is 4. The molecule has 0 saturated heterocycles. The average molecular weight is 286 g/mol. The molecule has 0 aliphatic rings. The van der Waals surface area contributed by atoms with Crippen LogP contribution in [0, 0.1) is 0 Å². The zero-order valence-corrected chi connectivity index (χ0v) is 12.1. The van der Waals surface area contributed by atoms with Gasteiger partial charge in [0.05, 0.1) is 7.11 Å². The molecule has 2 aromatic carbocycles. The second-order valence-corrected chi connectivity index (χ2v) is 5.19. The van der Waals surface area contributed by atoms with Crippen LogP contribution in [0.1, 0.15) is 27.6 Å². The fraction of sp³-hybridized carbons (Fsp3) is 0.125. The Hall–Kier alpha value is -2.07. The van der Waals surface area contributed by atoms with Gasteiger partial charge in [0.1, 0.15) is 5.75 Å². The van der Waals surface area contributed by atoms with Gasteiger partial charge in [0.25, 0.3) is 0 Å². The third-order valence-corrected chi connectivity index (χ3v) is 3.79. The first-order valence-electron chi connectivity index (χ1n) is 6.08. The molecule has 0 aromatic heterocycles. The van der Waals surface area contributed by atoms with E-state index in [1.54, 1.807) is 49.6 Å². The summed E-state index contributed by atoms with van der Waals surface area (Å²) in [7, 11) is 1.58. The molecule has 102 valence electrons. The summed E-state index contributed by atoms with van der Waals surface area (Å²) in [5, 5.41) is -0.0960. The molecule has 4 heteroatoms. The maximum Gasteiger partial charge on any atom is 0.224 e. The van der Waals surface area contributed by atoms with Gasteiger partial charge in [0.15, 0.2) is 5.78 Å². The van der Waals surface area contributed by atoms with Crippen LogP contribution in [0.25, 0.3) is 0 Å². The van der Waals surface area contributed by atoms with Crippen molar-refractivity contribution in [2.24, 2.45) is 0 Å². The highest BCUT2D eigenvalue weighted by molar-refractivity contribution is 8.14. The number of ketones is 1. The highest BCUT2D eigenvalue weighted by Crippen LogP contribution is 2.27. The lowest BCUT2D eigenvalue weighted by Gasteiger charge is -2.06. The third-order valence-electron chi connectivity index (χ3n) is 2.79. The number of Topliss-reactive ketones (excluding diaryl/α,β-unsaturated/α-hetero) is 1. The number of thioether (sulfide) groups is 1. The smallest absolute Gasteiger partial charge is 0.224 e. The van der Waals surface area contributed by atoms with Crippen molar-refractivity contribution < 1.29 is 14.3 Å². The maximum atomic E-state index is 12.2. The molecule has 2 rings (SSSR count). The molecule has 0 bridgehead atoms. The lowest BCUT2D eigenvalue weighted by molar-refractivity contribution is 0.101. The molecule has 3 nitrogen and oxygen atoms in total. The summed E-state index contributed by atoms with van der Waals surface area (Å²) in [6, 6.07) is 14.0. The Morgan fingerprint density at radius 1 is 1.00 bits per heavy atom. The van der Waals surface area contributed by atoms with E-state index in [4.69, 9.17) is 4.74 Å². The van der Waals surface area contributed by atoms with Crippen LogP contribution in [-0.4, -0.2) is 18.0 Å².